The molecular weight excluding hydrogens is 254 g/mol. The van der Waals surface area contributed by atoms with Crippen LogP contribution in [0.25, 0.3) is 0 Å². The Bertz CT molecular complexity index is 515. The van der Waals surface area contributed by atoms with Crippen molar-refractivity contribution in [1.82, 2.24) is 15.1 Å². The highest BCUT2D eigenvalue weighted by molar-refractivity contribution is 7.12. The number of thiophene rings is 1. The maximum Gasteiger partial charge on any atom is 0.0644 e. The van der Waals surface area contributed by atoms with Gasteiger partial charge in [-0.1, -0.05) is 6.92 Å². The minimum atomic E-state index is 0.360. The number of likely N-dealkylation sites (N-methyl/N-ethyl adjacent to an activating group) is 1. The predicted octanol–water partition coefficient (Wildman–Crippen LogP) is 3.73. The van der Waals surface area contributed by atoms with Crippen molar-refractivity contribution in [1.29, 1.82) is 0 Å². The van der Waals surface area contributed by atoms with Gasteiger partial charge in [0, 0.05) is 34.5 Å². The average molecular weight is 277 g/mol. The van der Waals surface area contributed by atoms with Crippen molar-refractivity contribution in [3.63, 3.8) is 0 Å². The molecule has 0 aromatic carbocycles. The lowest BCUT2D eigenvalue weighted by atomic mass is 10.1. The normalized spacial score (nSPS) is 14.5. The van der Waals surface area contributed by atoms with Crippen LogP contribution in [-0.4, -0.2) is 16.8 Å². The van der Waals surface area contributed by atoms with E-state index in [-0.39, 0.29) is 0 Å². The third kappa shape index (κ3) is 3.45. The lowest BCUT2D eigenvalue weighted by Crippen LogP contribution is -2.18. The summed E-state index contributed by atoms with van der Waals surface area (Å²) in [6.07, 6.45) is 4.15. The summed E-state index contributed by atoms with van der Waals surface area (Å²) in [5.41, 5.74) is 1.16. The first-order valence-corrected chi connectivity index (χ1v) is 7.73. The van der Waals surface area contributed by atoms with Gasteiger partial charge in [-0.3, -0.25) is 4.68 Å². The number of aromatic nitrogens is 2. The van der Waals surface area contributed by atoms with Crippen molar-refractivity contribution in [3.05, 3.63) is 39.8 Å². The highest BCUT2D eigenvalue weighted by atomic mass is 32.1. The quantitative estimate of drug-likeness (QED) is 0.872. The smallest absolute Gasteiger partial charge is 0.0644 e. The van der Waals surface area contributed by atoms with Crippen LogP contribution < -0.4 is 5.32 Å². The van der Waals surface area contributed by atoms with Crippen LogP contribution in [0.15, 0.2) is 24.4 Å². The molecule has 2 aromatic heterocycles. The first kappa shape index (κ1) is 14.3. The highest BCUT2D eigenvalue weighted by Gasteiger charge is 2.14. The summed E-state index contributed by atoms with van der Waals surface area (Å²) in [4.78, 5) is 2.75. The van der Waals surface area contributed by atoms with E-state index < -0.39 is 0 Å². The molecule has 2 aromatic rings. The van der Waals surface area contributed by atoms with Gasteiger partial charge in [0.05, 0.1) is 5.69 Å². The summed E-state index contributed by atoms with van der Waals surface area (Å²) in [6.45, 7) is 6.55. The molecule has 2 rings (SSSR count). The molecule has 0 aliphatic carbocycles. The van der Waals surface area contributed by atoms with Crippen LogP contribution in [-0.2, 0) is 6.42 Å². The number of hydrogen-bond donors (Lipinski definition) is 1. The molecule has 3 nitrogen and oxygen atoms in total. The molecule has 2 unspecified atom stereocenters. The summed E-state index contributed by atoms with van der Waals surface area (Å²) in [7, 11) is 2.02. The van der Waals surface area contributed by atoms with Gasteiger partial charge in [0.2, 0.25) is 0 Å². The Morgan fingerprint density at radius 1 is 1.37 bits per heavy atom. The molecule has 0 bridgehead atoms. The average Bonchev–Trinajstić information content (AvgIpc) is 3.04. The first-order valence-electron chi connectivity index (χ1n) is 6.91. The van der Waals surface area contributed by atoms with Crippen molar-refractivity contribution in [2.75, 3.05) is 7.05 Å². The largest absolute Gasteiger partial charge is 0.312 e. The molecule has 104 valence electrons. The molecule has 0 fully saturated rings. The van der Waals surface area contributed by atoms with Crippen LogP contribution in [0.3, 0.4) is 0 Å². The fraction of sp³-hybridized carbons (Fsp3) is 0.533. The van der Waals surface area contributed by atoms with Crippen molar-refractivity contribution in [3.8, 4) is 0 Å². The zero-order valence-electron chi connectivity index (χ0n) is 12.2. The monoisotopic (exact) mass is 277 g/mol. The number of rotatable bonds is 6. The summed E-state index contributed by atoms with van der Waals surface area (Å²) in [5.74, 6) is 0. The Labute approximate surface area is 119 Å². The van der Waals surface area contributed by atoms with Crippen LogP contribution in [0.2, 0.25) is 0 Å². The Morgan fingerprint density at radius 2 is 2.16 bits per heavy atom. The van der Waals surface area contributed by atoms with Crippen molar-refractivity contribution >= 4 is 11.3 Å². The van der Waals surface area contributed by atoms with E-state index in [9.17, 15) is 0 Å². The van der Waals surface area contributed by atoms with E-state index in [2.05, 4.69) is 60.3 Å². The van der Waals surface area contributed by atoms with Crippen LogP contribution >= 0.6 is 11.3 Å². The molecule has 1 N–H and O–H groups in total. The summed E-state index contributed by atoms with van der Waals surface area (Å²) in [6, 6.07) is 7.37. The molecule has 0 spiro atoms. The molecule has 0 saturated carbocycles. The molecule has 2 atom stereocenters. The molecule has 0 aliphatic rings. The SMILES string of the molecule is CCC(C)n1ccc(CC(NC)c2ccc(C)s2)n1. The lowest BCUT2D eigenvalue weighted by molar-refractivity contribution is 0.469. The number of nitrogens with one attached hydrogen (secondary N) is 1. The molecule has 0 amide bonds. The Kier molecular flexibility index (Phi) is 4.77. The third-order valence-corrected chi connectivity index (χ3v) is 4.69. The van der Waals surface area contributed by atoms with E-state index in [4.69, 9.17) is 0 Å². The van der Waals surface area contributed by atoms with Gasteiger partial charge < -0.3 is 5.32 Å². The Hall–Kier alpha value is -1.13. The van der Waals surface area contributed by atoms with E-state index in [0.29, 0.717) is 12.1 Å². The number of nitrogens with zero attached hydrogens (tertiary/aromatic N) is 2. The highest BCUT2D eigenvalue weighted by Crippen LogP contribution is 2.25. The Morgan fingerprint density at radius 3 is 2.74 bits per heavy atom. The van der Waals surface area contributed by atoms with E-state index in [1.807, 2.05) is 18.4 Å². The first-order chi connectivity index (χ1) is 9.13. The number of aryl methyl sites for hydroxylation is 1. The second-order valence-electron chi connectivity index (χ2n) is 5.04. The van der Waals surface area contributed by atoms with Gasteiger partial charge in [0.25, 0.3) is 0 Å². The molecule has 0 aliphatic heterocycles. The molecule has 0 radical (unpaired) electrons. The van der Waals surface area contributed by atoms with Gasteiger partial charge in [0.1, 0.15) is 0 Å². The molecule has 2 heterocycles. The molecular formula is C15H23N3S. The van der Waals surface area contributed by atoms with Crippen molar-refractivity contribution in [2.45, 2.75) is 45.7 Å². The summed E-state index contributed by atoms with van der Waals surface area (Å²) in [5, 5.41) is 8.08. The molecule has 0 saturated heterocycles. The van der Waals surface area contributed by atoms with Gasteiger partial charge in [-0.05, 0) is 45.5 Å². The van der Waals surface area contributed by atoms with Gasteiger partial charge in [-0.15, -0.1) is 11.3 Å². The summed E-state index contributed by atoms with van der Waals surface area (Å²) < 4.78 is 2.07. The lowest BCUT2D eigenvalue weighted by Gasteiger charge is -2.13. The van der Waals surface area contributed by atoms with Crippen LogP contribution in [0.5, 0.6) is 0 Å². The zero-order chi connectivity index (χ0) is 13.8. The Balaban J connectivity index is 2.08. The van der Waals surface area contributed by atoms with Crippen molar-refractivity contribution < 1.29 is 0 Å². The van der Waals surface area contributed by atoms with E-state index >= 15 is 0 Å². The standard InChI is InChI=1S/C15H23N3S/c1-5-11(2)18-9-8-13(17-18)10-14(16-4)15-7-6-12(3)19-15/h6-9,11,14,16H,5,10H2,1-4H3. The molecule has 4 heteroatoms. The van der Waals surface area contributed by atoms with Gasteiger partial charge in [0.15, 0.2) is 0 Å². The van der Waals surface area contributed by atoms with Gasteiger partial charge in [-0.25, -0.2) is 0 Å². The fourth-order valence-electron chi connectivity index (χ4n) is 2.11. The van der Waals surface area contributed by atoms with Crippen LogP contribution in [0.4, 0.5) is 0 Å². The third-order valence-electron chi connectivity index (χ3n) is 3.57. The second kappa shape index (κ2) is 6.35. The number of hydrogen-bond acceptors (Lipinski definition) is 3. The second-order valence-corrected chi connectivity index (χ2v) is 6.36. The maximum atomic E-state index is 4.68. The van der Waals surface area contributed by atoms with Crippen LogP contribution in [0, 0.1) is 6.92 Å². The zero-order valence-corrected chi connectivity index (χ0v) is 13.0. The van der Waals surface area contributed by atoms with Gasteiger partial charge in [-0.2, -0.15) is 5.10 Å². The minimum Gasteiger partial charge on any atom is -0.312 e. The molecule has 19 heavy (non-hydrogen) atoms. The fourth-order valence-corrected chi connectivity index (χ4v) is 3.10. The van der Waals surface area contributed by atoms with Crippen LogP contribution in [0.1, 0.15) is 47.8 Å². The van der Waals surface area contributed by atoms with E-state index in [0.717, 1.165) is 18.5 Å². The van der Waals surface area contributed by atoms with E-state index in [1.165, 1.54) is 9.75 Å². The van der Waals surface area contributed by atoms with Crippen molar-refractivity contribution in [2.24, 2.45) is 0 Å². The van der Waals surface area contributed by atoms with Gasteiger partial charge >= 0.3 is 0 Å². The van der Waals surface area contributed by atoms with E-state index in [1.54, 1.807) is 0 Å². The maximum absolute atomic E-state index is 4.68. The predicted molar refractivity (Wildman–Crippen MR) is 81.8 cm³/mol. The minimum absolute atomic E-state index is 0.360. The summed E-state index contributed by atoms with van der Waals surface area (Å²) >= 11 is 1.86. The topological polar surface area (TPSA) is 29.9 Å².